The Bertz CT molecular complexity index is 658. The second-order valence-corrected chi connectivity index (χ2v) is 6.42. The molecule has 0 fully saturated rings. The molecule has 1 aliphatic heterocycles. The summed E-state index contributed by atoms with van der Waals surface area (Å²) in [5.41, 5.74) is -0.438. The highest BCUT2D eigenvalue weighted by Gasteiger charge is 2.51. The highest BCUT2D eigenvalue weighted by molar-refractivity contribution is 6.12. The molecule has 1 amide bonds. The monoisotopic (exact) mass is 289 g/mol. The first kappa shape index (κ1) is 15.2. The number of Topliss-reactive ketones (excluding diaryl/α,β-unsaturated/α-hetero) is 1. The number of ketones is 1. The number of carbonyl (C=O) groups excluding carboxylic acids is 2. The van der Waals surface area contributed by atoms with Gasteiger partial charge in [-0.15, -0.1) is 0 Å². The molecule has 112 valence electrons. The molecule has 5 nitrogen and oxygen atoms in total. The van der Waals surface area contributed by atoms with Gasteiger partial charge in [0.15, 0.2) is 5.78 Å². The molecule has 1 aliphatic rings. The van der Waals surface area contributed by atoms with E-state index in [4.69, 9.17) is 0 Å². The maximum absolute atomic E-state index is 12.7. The molecule has 0 atom stereocenters. The van der Waals surface area contributed by atoms with Gasteiger partial charge in [-0.25, -0.2) is 4.79 Å². The van der Waals surface area contributed by atoms with Gasteiger partial charge in [-0.3, -0.25) is 14.5 Å². The highest BCUT2D eigenvalue weighted by atomic mass is 16.4. The van der Waals surface area contributed by atoms with Gasteiger partial charge in [0.2, 0.25) is 5.91 Å². The Kier molecular flexibility index (Phi) is 3.20. The van der Waals surface area contributed by atoms with Crippen LogP contribution < -0.4 is 4.90 Å². The SMILES string of the molecule is CC(=O)c1ccc2c(c1)C(C)(C)C(=O)N2C(C)(C)C(=O)O. The van der Waals surface area contributed by atoms with Crippen molar-refractivity contribution in [2.24, 2.45) is 0 Å². The second-order valence-electron chi connectivity index (χ2n) is 6.42. The van der Waals surface area contributed by atoms with Gasteiger partial charge in [-0.1, -0.05) is 0 Å². The summed E-state index contributed by atoms with van der Waals surface area (Å²) in [4.78, 5) is 37.0. The Labute approximate surface area is 123 Å². The number of aliphatic carboxylic acids is 1. The second kappa shape index (κ2) is 4.41. The lowest BCUT2D eigenvalue weighted by Crippen LogP contribution is -2.54. The van der Waals surface area contributed by atoms with Gasteiger partial charge >= 0.3 is 5.97 Å². The standard InChI is InChI=1S/C16H19NO4/c1-9(18)10-6-7-12-11(8-10)15(2,3)13(19)17(12)16(4,5)14(20)21/h6-8H,1-5H3,(H,20,21). The molecule has 0 aliphatic carbocycles. The number of anilines is 1. The van der Waals surface area contributed by atoms with Crippen LogP contribution in [-0.4, -0.2) is 28.3 Å². The third-order valence-electron chi connectivity index (χ3n) is 4.14. The van der Waals surface area contributed by atoms with Gasteiger partial charge in [-0.05, 0) is 58.4 Å². The molecule has 0 spiro atoms. The predicted molar refractivity (Wildman–Crippen MR) is 78.7 cm³/mol. The van der Waals surface area contributed by atoms with E-state index in [9.17, 15) is 19.5 Å². The lowest BCUT2D eigenvalue weighted by Gasteiger charge is -2.33. The number of fused-ring (bicyclic) bond motifs is 1. The van der Waals surface area contributed by atoms with Gasteiger partial charge in [0.05, 0.1) is 5.41 Å². The molecule has 0 bridgehead atoms. The van der Waals surface area contributed by atoms with Crippen molar-refractivity contribution < 1.29 is 19.5 Å². The zero-order valence-corrected chi connectivity index (χ0v) is 12.9. The first-order chi connectivity index (χ1) is 9.51. The molecule has 0 unspecified atom stereocenters. The fourth-order valence-corrected chi connectivity index (χ4v) is 2.61. The van der Waals surface area contributed by atoms with Gasteiger partial charge in [0.25, 0.3) is 0 Å². The summed E-state index contributed by atoms with van der Waals surface area (Å²) < 4.78 is 0. The minimum Gasteiger partial charge on any atom is -0.480 e. The van der Waals surface area contributed by atoms with Crippen molar-refractivity contribution in [2.45, 2.75) is 45.6 Å². The zero-order chi connectivity index (χ0) is 16.2. The number of carboxylic acid groups (broad SMARTS) is 1. The van der Waals surface area contributed by atoms with Crippen molar-refractivity contribution in [1.29, 1.82) is 0 Å². The number of hydrogen-bond acceptors (Lipinski definition) is 3. The fraction of sp³-hybridized carbons (Fsp3) is 0.438. The molecule has 1 N–H and O–H groups in total. The van der Waals surface area contributed by atoms with Crippen molar-refractivity contribution in [3.05, 3.63) is 29.3 Å². The molecule has 0 radical (unpaired) electrons. The summed E-state index contributed by atoms with van der Waals surface area (Å²) in [6.45, 7) is 7.95. The molecule has 2 rings (SSSR count). The summed E-state index contributed by atoms with van der Waals surface area (Å²) in [6, 6.07) is 4.97. The van der Waals surface area contributed by atoms with Crippen molar-refractivity contribution >= 4 is 23.3 Å². The van der Waals surface area contributed by atoms with Crippen LogP contribution in [0.2, 0.25) is 0 Å². The number of carbonyl (C=O) groups is 3. The predicted octanol–water partition coefficient (Wildman–Crippen LogP) is 2.38. The van der Waals surface area contributed by atoms with E-state index in [0.717, 1.165) is 0 Å². The van der Waals surface area contributed by atoms with Gasteiger partial charge in [-0.2, -0.15) is 0 Å². The maximum atomic E-state index is 12.7. The number of rotatable bonds is 3. The molecule has 0 saturated carbocycles. The van der Waals surface area contributed by atoms with Gasteiger partial charge in [0.1, 0.15) is 5.54 Å². The average molecular weight is 289 g/mol. The number of benzene rings is 1. The van der Waals surface area contributed by atoms with E-state index in [1.165, 1.54) is 25.7 Å². The minimum absolute atomic E-state index is 0.0861. The molecule has 1 aromatic carbocycles. The molecule has 21 heavy (non-hydrogen) atoms. The number of amides is 1. The van der Waals surface area contributed by atoms with Crippen LogP contribution in [0.15, 0.2) is 18.2 Å². The smallest absolute Gasteiger partial charge is 0.329 e. The van der Waals surface area contributed by atoms with E-state index in [1.807, 2.05) is 0 Å². The number of nitrogens with zero attached hydrogens (tertiary/aromatic N) is 1. The fourth-order valence-electron chi connectivity index (χ4n) is 2.61. The van der Waals surface area contributed by atoms with E-state index in [-0.39, 0.29) is 11.7 Å². The summed E-state index contributed by atoms with van der Waals surface area (Å²) in [6.07, 6.45) is 0. The quantitative estimate of drug-likeness (QED) is 0.867. The minimum atomic E-state index is -1.35. The van der Waals surface area contributed by atoms with Crippen LogP contribution in [0.1, 0.15) is 50.5 Å². The molecule has 1 aromatic rings. The van der Waals surface area contributed by atoms with Crippen molar-refractivity contribution in [3.8, 4) is 0 Å². The number of hydrogen-bond donors (Lipinski definition) is 1. The summed E-state index contributed by atoms with van der Waals surface area (Å²) in [5, 5.41) is 9.41. The molecular weight excluding hydrogens is 270 g/mol. The van der Waals surface area contributed by atoms with Crippen LogP contribution in [-0.2, 0) is 15.0 Å². The van der Waals surface area contributed by atoms with Crippen LogP contribution in [0.25, 0.3) is 0 Å². The normalized spacial score (nSPS) is 16.8. The molecule has 1 heterocycles. The maximum Gasteiger partial charge on any atom is 0.329 e. The largest absolute Gasteiger partial charge is 0.480 e. The highest BCUT2D eigenvalue weighted by Crippen LogP contribution is 2.45. The first-order valence-corrected chi connectivity index (χ1v) is 6.74. The van der Waals surface area contributed by atoms with Gasteiger partial charge < -0.3 is 5.11 Å². The third kappa shape index (κ3) is 2.04. The van der Waals surface area contributed by atoms with Crippen molar-refractivity contribution in [1.82, 2.24) is 0 Å². The van der Waals surface area contributed by atoms with Gasteiger partial charge in [0, 0.05) is 11.3 Å². The van der Waals surface area contributed by atoms with Crippen molar-refractivity contribution in [2.75, 3.05) is 4.90 Å². The summed E-state index contributed by atoms with van der Waals surface area (Å²) in [7, 11) is 0. The molecule has 0 saturated heterocycles. The Hall–Kier alpha value is -2.17. The van der Waals surface area contributed by atoms with Crippen LogP contribution in [0.4, 0.5) is 5.69 Å². The first-order valence-electron chi connectivity index (χ1n) is 6.74. The lowest BCUT2D eigenvalue weighted by atomic mass is 9.85. The van der Waals surface area contributed by atoms with Crippen LogP contribution in [0.5, 0.6) is 0 Å². The molecule has 0 aromatic heterocycles. The summed E-state index contributed by atoms with van der Waals surface area (Å²) >= 11 is 0. The van der Waals surface area contributed by atoms with Crippen LogP contribution >= 0.6 is 0 Å². The van der Waals surface area contributed by atoms with E-state index in [0.29, 0.717) is 16.8 Å². The zero-order valence-electron chi connectivity index (χ0n) is 12.9. The number of carboxylic acids is 1. The third-order valence-corrected chi connectivity index (χ3v) is 4.14. The van der Waals surface area contributed by atoms with E-state index >= 15 is 0 Å². The molecule has 5 heteroatoms. The van der Waals surface area contributed by atoms with E-state index in [2.05, 4.69) is 0 Å². The average Bonchev–Trinajstić information content (AvgIpc) is 2.57. The van der Waals surface area contributed by atoms with Crippen molar-refractivity contribution in [3.63, 3.8) is 0 Å². The van der Waals surface area contributed by atoms with Crippen LogP contribution in [0.3, 0.4) is 0 Å². The Balaban J connectivity index is 2.69. The molecular formula is C16H19NO4. The van der Waals surface area contributed by atoms with E-state index < -0.39 is 16.9 Å². The Morgan fingerprint density at radius 2 is 1.81 bits per heavy atom. The van der Waals surface area contributed by atoms with Crippen LogP contribution in [0, 0.1) is 0 Å². The summed E-state index contributed by atoms with van der Waals surface area (Å²) in [5.74, 6) is -1.43. The lowest BCUT2D eigenvalue weighted by molar-refractivity contribution is -0.144. The Morgan fingerprint density at radius 1 is 1.24 bits per heavy atom. The van der Waals surface area contributed by atoms with E-state index in [1.54, 1.807) is 32.0 Å². The Morgan fingerprint density at radius 3 is 2.29 bits per heavy atom. The topological polar surface area (TPSA) is 74.7 Å².